The Morgan fingerprint density at radius 3 is 2.38 bits per heavy atom. The summed E-state index contributed by atoms with van der Waals surface area (Å²) in [6, 6.07) is 8.07. The van der Waals surface area contributed by atoms with Gasteiger partial charge in [0.2, 0.25) is 0 Å². The number of halogens is 3. The maximum absolute atomic E-state index is 14.5. The van der Waals surface area contributed by atoms with Crippen molar-refractivity contribution in [3.05, 3.63) is 53.1 Å². The Kier molecular flexibility index (Phi) is 8.41. The van der Waals surface area contributed by atoms with E-state index >= 15 is 0 Å². The zero-order valence-corrected chi connectivity index (χ0v) is 18.0. The van der Waals surface area contributed by atoms with E-state index in [4.69, 9.17) is 26.2 Å². The molecule has 0 aliphatic heterocycles. The quantitative estimate of drug-likeness (QED) is 0.517. The van der Waals surface area contributed by atoms with Crippen molar-refractivity contribution in [2.45, 2.75) is 25.7 Å². The lowest BCUT2D eigenvalue weighted by Crippen LogP contribution is -2.25. The number of aliphatic carboxylic acids is 1. The third-order valence-electron chi connectivity index (χ3n) is 5.45. The van der Waals surface area contributed by atoms with Gasteiger partial charge in [-0.1, -0.05) is 23.7 Å². The Balaban J connectivity index is 1.52. The van der Waals surface area contributed by atoms with E-state index in [1.54, 1.807) is 0 Å². The summed E-state index contributed by atoms with van der Waals surface area (Å²) in [4.78, 5) is 22.8. The van der Waals surface area contributed by atoms with Gasteiger partial charge in [-0.25, -0.2) is 18.4 Å². The summed E-state index contributed by atoms with van der Waals surface area (Å²) < 4.78 is 38.8. The van der Waals surface area contributed by atoms with E-state index in [1.807, 2.05) is 0 Å². The fourth-order valence-electron chi connectivity index (χ4n) is 3.79. The third kappa shape index (κ3) is 6.64. The maximum Gasteiger partial charge on any atom is 0.411 e. The van der Waals surface area contributed by atoms with E-state index in [9.17, 15) is 18.4 Å². The first-order valence-electron chi connectivity index (χ1n) is 10.3. The molecule has 172 valence electrons. The highest BCUT2D eigenvalue weighted by molar-refractivity contribution is 6.30. The number of amides is 1. The molecule has 0 heterocycles. The zero-order valence-electron chi connectivity index (χ0n) is 17.3. The SMILES string of the molecule is O=C(O)COCC1CCC(COC(=O)Nc2cccc(F)c2-c2ccc(Cl)c(F)c2)CC1. The highest BCUT2D eigenvalue weighted by Gasteiger charge is 2.23. The molecule has 1 saturated carbocycles. The summed E-state index contributed by atoms with van der Waals surface area (Å²) >= 11 is 5.70. The predicted molar refractivity (Wildman–Crippen MR) is 116 cm³/mol. The average Bonchev–Trinajstić information content (AvgIpc) is 2.75. The van der Waals surface area contributed by atoms with Crippen molar-refractivity contribution in [2.75, 3.05) is 25.1 Å². The number of rotatable bonds is 8. The topological polar surface area (TPSA) is 84.9 Å². The number of carbonyl (C=O) groups is 2. The number of carboxylic acids is 1. The van der Waals surface area contributed by atoms with Crippen molar-refractivity contribution in [2.24, 2.45) is 11.8 Å². The van der Waals surface area contributed by atoms with Gasteiger partial charge in [-0.15, -0.1) is 0 Å². The standard InChI is InChI=1S/C23H24ClF2NO5/c24-17-9-8-16(10-19(17)26)22-18(25)2-1-3-20(22)27-23(30)32-12-15-6-4-14(5-7-15)11-31-13-21(28)29/h1-3,8-10,14-15H,4-7,11-13H2,(H,27,30)(H,28,29). The fraction of sp³-hybridized carbons (Fsp3) is 0.391. The molecule has 0 saturated heterocycles. The number of benzene rings is 2. The highest BCUT2D eigenvalue weighted by Crippen LogP contribution is 2.33. The summed E-state index contributed by atoms with van der Waals surface area (Å²) in [5.74, 6) is -1.80. The lowest BCUT2D eigenvalue weighted by Gasteiger charge is -2.27. The van der Waals surface area contributed by atoms with Crippen LogP contribution in [0, 0.1) is 23.5 Å². The van der Waals surface area contributed by atoms with Crippen molar-refractivity contribution < 1.29 is 33.0 Å². The molecule has 2 aromatic carbocycles. The van der Waals surface area contributed by atoms with Crippen LogP contribution >= 0.6 is 11.6 Å². The smallest absolute Gasteiger partial charge is 0.411 e. The molecule has 2 aromatic rings. The number of nitrogens with one attached hydrogen (secondary N) is 1. The second-order valence-corrected chi connectivity index (χ2v) is 8.22. The van der Waals surface area contributed by atoms with Gasteiger partial charge in [0, 0.05) is 5.56 Å². The van der Waals surface area contributed by atoms with Crippen LogP contribution in [0.25, 0.3) is 11.1 Å². The molecule has 3 rings (SSSR count). The Labute approximate surface area is 189 Å². The highest BCUT2D eigenvalue weighted by atomic mass is 35.5. The van der Waals surface area contributed by atoms with E-state index in [2.05, 4.69) is 5.32 Å². The Bertz CT molecular complexity index is 963. The van der Waals surface area contributed by atoms with Crippen LogP contribution < -0.4 is 5.32 Å². The van der Waals surface area contributed by atoms with Crippen molar-refractivity contribution >= 4 is 29.4 Å². The second kappa shape index (κ2) is 11.2. The Hall–Kier alpha value is -2.71. The van der Waals surface area contributed by atoms with Crippen LogP contribution in [0.5, 0.6) is 0 Å². The van der Waals surface area contributed by atoms with E-state index < -0.39 is 23.7 Å². The number of carbonyl (C=O) groups excluding carboxylic acids is 1. The number of ether oxygens (including phenoxy) is 2. The van der Waals surface area contributed by atoms with Gasteiger partial charge < -0.3 is 14.6 Å². The number of carboxylic acid groups (broad SMARTS) is 1. The molecule has 0 unspecified atom stereocenters. The lowest BCUT2D eigenvalue weighted by molar-refractivity contribution is -0.142. The van der Waals surface area contributed by atoms with E-state index in [1.165, 1.54) is 30.3 Å². The lowest BCUT2D eigenvalue weighted by atomic mass is 9.83. The van der Waals surface area contributed by atoms with Crippen molar-refractivity contribution in [3.63, 3.8) is 0 Å². The number of anilines is 1. The van der Waals surface area contributed by atoms with Crippen LogP contribution in [0.1, 0.15) is 25.7 Å². The van der Waals surface area contributed by atoms with Crippen LogP contribution in [0.4, 0.5) is 19.3 Å². The van der Waals surface area contributed by atoms with Gasteiger partial charge in [-0.2, -0.15) is 0 Å². The summed E-state index contributed by atoms with van der Waals surface area (Å²) in [6.07, 6.45) is 2.68. The van der Waals surface area contributed by atoms with Crippen LogP contribution in [0.2, 0.25) is 5.02 Å². The normalized spacial score (nSPS) is 18.2. The van der Waals surface area contributed by atoms with Gasteiger partial charge in [-0.05, 0) is 67.3 Å². The predicted octanol–water partition coefficient (Wildman–Crippen LogP) is 5.74. The average molecular weight is 468 g/mol. The molecule has 1 aliphatic carbocycles. The summed E-state index contributed by atoms with van der Waals surface area (Å²) in [5.41, 5.74) is 0.446. The van der Waals surface area contributed by atoms with Gasteiger partial charge in [0.1, 0.15) is 18.2 Å². The molecule has 0 atom stereocenters. The first-order valence-corrected chi connectivity index (χ1v) is 10.7. The molecule has 0 spiro atoms. The zero-order chi connectivity index (χ0) is 23.1. The van der Waals surface area contributed by atoms with Gasteiger partial charge >= 0.3 is 12.1 Å². The maximum atomic E-state index is 14.5. The first kappa shape index (κ1) is 23.9. The number of hydrogen-bond donors (Lipinski definition) is 2. The molecule has 0 aromatic heterocycles. The Morgan fingerprint density at radius 1 is 1.03 bits per heavy atom. The largest absolute Gasteiger partial charge is 0.480 e. The summed E-state index contributed by atoms with van der Waals surface area (Å²) in [5, 5.41) is 11.1. The van der Waals surface area contributed by atoms with E-state index in [0.717, 1.165) is 31.7 Å². The van der Waals surface area contributed by atoms with E-state index in [-0.39, 0.29) is 41.0 Å². The Morgan fingerprint density at radius 2 is 1.72 bits per heavy atom. The van der Waals surface area contributed by atoms with Crippen molar-refractivity contribution in [3.8, 4) is 11.1 Å². The minimum atomic E-state index is -0.985. The van der Waals surface area contributed by atoms with Crippen molar-refractivity contribution in [1.82, 2.24) is 0 Å². The molecule has 9 heteroatoms. The third-order valence-corrected chi connectivity index (χ3v) is 5.76. The monoisotopic (exact) mass is 467 g/mol. The molecule has 6 nitrogen and oxygen atoms in total. The fourth-order valence-corrected chi connectivity index (χ4v) is 3.91. The van der Waals surface area contributed by atoms with E-state index in [0.29, 0.717) is 12.5 Å². The molecule has 1 aliphatic rings. The summed E-state index contributed by atoms with van der Waals surface area (Å²) in [6.45, 7) is 0.330. The molecule has 2 N–H and O–H groups in total. The molecule has 1 fully saturated rings. The molecule has 32 heavy (non-hydrogen) atoms. The summed E-state index contributed by atoms with van der Waals surface area (Å²) in [7, 11) is 0. The molecule has 0 radical (unpaired) electrons. The first-order chi connectivity index (χ1) is 15.3. The molecule has 1 amide bonds. The van der Waals surface area contributed by atoms with Crippen LogP contribution in [0.15, 0.2) is 36.4 Å². The van der Waals surface area contributed by atoms with Crippen LogP contribution in [-0.4, -0.2) is 37.0 Å². The van der Waals surface area contributed by atoms with Crippen LogP contribution in [0.3, 0.4) is 0 Å². The van der Waals surface area contributed by atoms with Crippen LogP contribution in [-0.2, 0) is 14.3 Å². The second-order valence-electron chi connectivity index (χ2n) is 7.81. The minimum absolute atomic E-state index is 0.0434. The minimum Gasteiger partial charge on any atom is -0.480 e. The van der Waals surface area contributed by atoms with Gasteiger partial charge in [0.25, 0.3) is 0 Å². The van der Waals surface area contributed by atoms with Crippen molar-refractivity contribution in [1.29, 1.82) is 0 Å². The number of hydrogen-bond acceptors (Lipinski definition) is 4. The van der Waals surface area contributed by atoms with Gasteiger partial charge in [-0.3, -0.25) is 5.32 Å². The molecule has 0 bridgehead atoms. The van der Waals surface area contributed by atoms with Gasteiger partial charge in [0.15, 0.2) is 0 Å². The van der Waals surface area contributed by atoms with Gasteiger partial charge in [0.05, 0.1) is 23.9 Å². The molecular weight excluding hydrogens is 444 g/mol. The molecular formula is C23H24ClF2NO5.